The van der Waals surface area contributed by atoms with Gasteiger partial charge in [0.1, 0.15) is 0 Å². The molecular formula is C21H28N2. The van der Waals surface area contributed by atoms with Crippen molar-refractivity contribution < 1.29 is 0 Å². The Kier molecular flexibility index (Phi) is 7.02. The van der Waals surface area contributed by atoms with Gasteiger partial charge in [0.05, 0.1) is 0 Å². The average Bonchev–Trinajstić information content (AvgIpc) is 2.54. The smallest absolute Gasteiger partial charge is 0.0340 e. The fraction of sp³-hybridized carbons (Fsp3) is 0.381. The van der Waals surface area contributed by atoms with Gasteiger partial charge in [0.2, 0.25) is 0 Å². The molecule has 1 heterocycles. The molecule has 0 atom stereocenters. The van der Waals surface area contributed by atoms with Gasteiger partial charge in [-0.3, -0.25) is 4.98 Å². The monoisotopic (exact) mass is 308 g/mol. The van der Waals surface area contributed by atoms with Gasteiger partial charge in [0, 0.05) is 18.9 Å². The third-order valence-electron chi connectivity index (χ3n) is 3.96. The average molecular weight is 308 g/mol. The van der Waals surface area contributed by atoms with Gasteiger partial charge < -0.3 is 4.90 Å². The van der Waals surface area contributed by atoms with Crippen molar-refractivity contribution in [1.82, 2.24) is 9.88 Å². The van der Waals surface area contributed by atoms with Crippen LogP contribution in [0.1, 0.15) is 43.4 Å². The van der Waals surface area contributed by atoms with Crippen LogP contribution in [0.15, 0.2) is 48.8 Å². The second-order valence-corrected chi connectivity index (χ2v) is 6.59. The largest absolute Gasteiger partial charge is 0.302 e. The molecule has 2 heteroatoms. The fourth-order valence-electron chi connectivity index (χ4n) is 2.64. The maximum absolute atomic E-state index is 4.16. The van der Waals surface area contributed by atoms with Crippen LogP contribution < -0.4 is 0 Å². The SMILES string of the molecule is CC(C)CCCN(C)Cc1ccccc1/C=C/c1cccnc1. The van der Waals surface area contributed by atoms with Crippen LogP contribution >= 0.6 is 0 Å². The number of pyridine rings is 1. The van der Waals surface area contributed by atoms with E-state index in [0.717, 1.165) is 24.6 Å². The van der Waals surface area contributed by atoms with Crippen molar-refractivity contribution in [3.8, 4) is 0 Å². The van der Waals surface area contributed by atoms with Crippen molar-refractivity contribution in [3.05, 3.63) is 65.5 Å². The molecule has 23 heavy (non-hydrogen) atoms. The van der Waals surface area contributed by atoms with Gasteiger partial charge >= 0.3 is 0 Å². The Morgan fingerprint density at radius 3 is 2.65 bits per heavy atom. The molecule has 0 saturated carbocycles. The molecule has 2 aromatic rings. The lowest BCUT2D eigenvalue weighted by Gasteiger charge is -2.18. The second-order valence-electron chi connectivity index (χ2n) is 6.59. The molecule has 0 unspecified atom stereocenters. The normalized spacial score (nSPS) is 11.7. The van der Waals surface area contributed by atoms with Gasteiger partial charge in [-0.05, 0) is 55.1 Å². The van der Waals surface area contributed by atoms with Gasteiger partial charge in [-0.2, -0.15) is 0 Å². The van der Waals surface area contributed by atoms with Crippen LogP contribution in [0.5, 0.6) is 0 Å². The lowest BCUT2D eigenvalue weighted by Crippen LogP contribution is -2.20. The van der Waals surface area contributed by atoms with E-state index >= 15 is 0 Å². The third kappa shape index (κ3) is 6.37. The summed E-state index contributed by atoms with van der Waals surface area (Å²) in [5.41, 5.74) is 3.79. The molecule has 122 valence electrons. The summed E-state index contributed by atoms with van der Waals surface area (Å²) in [7, 11) is 2.21. The van der Waals surface area contributed by atoms with Gasteiger partial charge in [-0.1, -0.05) is 56.3 Å². The van der Waals surface area contributed by atoms with Crippen LogP contribution in [0.25, 0.3) is 12.2 Å². The summed E-state index contributed by atoms with van der Waals surface area (Å²) in [5.74, 6) is 0.790. The molecule has 0 aliphatic heterocycles. The molecule has 0 saturated heterocycles. The zero-order chi connectivity index (χ0) is 16.5. The molecule has 0 aliphatic carbocycles. The van der Waals surface area contributed by atoms with E-state index in [1.807, 2.05) is 12.3 Å². The minimum absolute atomic E-state index is 0.790. The molecule has 0 bridgehead atoms. The molecule has 0 aliphatic rings. The quantitative estimate of drug-likeness (QED) is 0.673. The van der Waals surface area contributed by atoms with Crippen LogP contribution in [-0.2, 0) is 6.54 Å². The van der Waals surface area contributed by atoms with Crippen molar-refractivity contribution in [2.45, 2.75) is 33.2 Å². The molecular weight excluding hydrogens is 280 g/mol. The Balaban J connectivity index is 1.98. The van der Waals surface area contributed by atoms with Crippen LogP contribution in [-0.4, -0.2) is 23.5 Å². The Hall–Kier alpha value is -1.93. The predicted molar refractivity (Wildman–Crippen MR) is 100 cm³/mol. The van der Waals surface area contributed by atoms with Crippen LogP contribution in [0.2, 0.25) is 0 Å². The lowest BCUT2D eigenvalue weighted by atomic mass is 10.0. The Morgan fingerprint density at radius 2 is 1.91 bits per heavy atom. The minimum atomic E-state index is 0.790. The van der Waals surface area contributed by atoms with Gasteiger partial charge in [0.25, 0.3) is 0 Å². The molecule has 0 fully saturated rings. The molecule has 0 amide bonds. The first-order valence-electron chi connectivity index (χ1n) is 8.49. The fourth-order valence-corrected chi connectivity index (χ4v) is 2.64. The van der Waals surface area contributed by atoms with Crippen molar-refractivity contribution >= 4 is 12.2 Å². The van der Waals surface area contributed by atoms with E-state index in [1.54, 1.807) is 6.20 Å². The Bertz CT molecular complexity index is 602. The molecule has 2 rings (SSSR count). The lowest BCUT2D eigenvalue weighted by molar-refractivity contribution is 0.310. The summed E-state index contributed by atoms with van der Waals surface area (Å²) >= 11 is 0. The van der Waals surface area contributed by atoms with E-state index in [4.69, 9.17) is 0 Å². The highest BCUT2D eigenvalue weighted by atomic mass is 15.1. The first kappa shape index (κ1) is 17.4. The van der Waals surface area contributed by atoms with Crippen molar-refractivity contribution in [1.29, 1.82) is 0 Å². The summed E-state index contributed by atoms with van der Waals surface area (Å²) in [6.07, 6.45) is 10.6. The topological polar surface area (TPSA) is 16.1 Å². The number of aromatic nitrogens is 1. The summed E-state index contributed by atoms with van der Waals surface area (Å²) < 4.78 is 0. The molecule has 2 nitrogen and oxygen atoms in total. The van der Waals surface area contributed by atoms with Crippen LogP contribution in [0.3, 0.4) is 0 Å². The summed E-state index contributed by atoms with van der Waals surface area (Å²) in [6, 6.07) is 12.7. The number of benzene rings is 1. The predicted octanol–water partition coefficient (Wildman–Crippen LogP) is 5.12. The van der Waals surface area contributed by atoms with Crippen molar-refractivity contribution in [2.24, 2.45) is 5.92 Å². The minimum Gasteiger partial charge on any atom is -0.302 e. The van der Waals surface area contributed by atoms with Gasteiger partial charge in [-0.25, -0.2) is 0 Å². The molecule has 1 aromatic heterocycles. The van der Waals surface area contributed by atoms with E-state index in [1.165, 1.54) is 24.0 Å². The number of nitrogens with zero attached hydrogens (tertiary/aromatic N) is 2. The van der Waals surface area contributed by atoms with E-state index in [9.17, 15) is 0 Å². The highest BCUT2D eigenvalue weighted by Gasteiger charge is 2.04. The highest BCUT2D eigenvalue weighted by Crippen LogP contribution is 2.15. The molecule has 0 N–H and O–H groups in total. The maximum atomic E-state index is 4.16. The highest BCUT2D eigenvalue weighted by molar-refractivity contribution is 5.70. The zero-order valence-corrected chi connectivity index (χ0v) is 14.6. The summed E-state index contributed by atoms with van der Waals surface area (Å²) in [6.45, 7) is 6.72. The Labute approximate surface area is 140 Å². The number of rotatable bonds is 8. The third-order valence-corrected chi connectivity index (χ3v) is 3.96. The number of hydrogen-bond acceptors (Lipinski definition) is 2. The summed E-state index contributed by atoms with van der Waals surface area (Å²) in [4.78, 5) is 6.57. The number of hydrogen-bond donors (Lipinski definition) is 0. The second kappa shape index (κ2) is 9.26. The molecule has 1 aromatic carbocycles. The molecule has 0 radical (unpaired) electrons. The zero-order valence-electron chi connectivity index (χ0n) is 14.6. The van der Waals surface area contributed by atoms with E-state index in [-0.39, 0.29) is 0 Å². The molecule has 0 spiro atoms. The van der Waals surface area contributed by atoms with Crippen molar-refractivity contribution in [2.75, 3.05) is 13.6 Å². The van der Waals surface area contributed by atoms with E-state index in [0.29, 0.717) is 0 Å². The first-order chi connectivity index (χ1) is 11.1. The maximum Gasteiger partial charge on any atom is 0.0340 e. The van der Waals surface area contributed by atoms with Crippen LogP contribution in [0.4, 0.5) is 0 Å². The first-order valence-corrected chi connectivity index (χ1v) is 8.49. The van der Waals surface area contributed by atoms with Gasteiger partial charge in [-0.15, -0.1) is 0 Å². The van der Waals surface area contributed by atoms with Gasteiger partial charge in [0.15, 0.2) is 0 Å². The van der Waals surface area contributed by atoms with E-state index < -0.39 is 0 Å². The standard InChI is InChI=1S/C21H28N2/c1-18(2)8-7-15-23(3)17-21-11-5-4-10-20(21)13-12-19-9-6-14-22-16-19/h4-6,9-14,16,18H,7-8,15,17H2,1-3H3/b13-12+. The van der Waals surface area contributed by atoms with Crippen molar-refractivity contribution in [3.63, 3.8) is 0 Å². The summed E-state index contributed by atoms with van der Waals surface area (Å²) in [5, 5.41) is 0. The Morgan fingerprint density at radius 1 is 1.09 bits per heavy atom. The van der Waals surface area contributed by atoms with E-state index in [2.05, 4.69) is 73.3 Å². The van der Waals surface area contributed by atoms with Crippen LogP contribution in [0, 0.1) is 5.92 Å².